The normalized spacial score (nSPS) is 22.1. The molecule has 0 saturated carbocycles. The average molecular weight is 291 g/mol. The van der Waals surface area contributed by atoms with Crippen LogP contribution in [-0.2, 0) is 0 Å². The fourth-order valence-electron chi connectivity index (χ4n) is 2.55. The molecule has 21 heavy (non-hydrogen) atoms. The van der Waals surface area contributed by atoms with Crippen LogP contribution in [-0.4, -0.2) is 64.1 Å². The predicted octanol–water partition coefficient (Wildman–Crippen LogP) is 0.465. The Morgan fingerprint density at radius 2 is 2.29 bits per heavy atom. The molecule has 8 nitrogen and oxygen atoms in total. The molecule has 1 aromatic heterocycles. The van der Waals surface area contributed by atoms with Gasteiger partial charge in [-0.15, -0.1) is 0 Å². The first-order valence-electron chi connectivity index (χ1n) is 7.01. The van der Waals surface area contributed by atoms with Crippen molar-refractivity contribution in [2.75, 3.05) is 26.2 Å². The Hall–Kier alpha value is -2.38. The number of likely N-dealkylation sites (tertiary alicyclic amines) is 1. The zero-order valence-corrected chi connectivity index (χ0v) is 11.6. The first-order valence-corrected chi connectivity index (χ1v) is 7.01. The summed E-state index contributed by atoms with van der Waals surface area (Å²) in [6.45, 7) is 2.03. The van der Waals surface area contributed by atoms with Crippen molar-refractivity contribution in [3.8, 4) is 5.88 Å². The lowest BCUT2D eigenvalue weighted by Gasteiger charge is -2.34. The highest BCUT2D eigenvalue weighted by molar-refractivity contribution is 5.95. The molecule has 0 aliphatic carbocycles. The van der Waals surface area contributed by atoms with Gasteiger partial charge in [0.1, 0.15) is 6.10 Å². The minimum atomic E-state index is -0.322. The number of aromatic nitrogens is 2. The summed E-state index contributed by atoms with van der Waals surface area (Å²) in [6, 6.07) is -0.575. The molecule has 1 aromatic rings. The van der Waals surface area contributed by atoms with Crippen LogP contribution in [0.4, 0.5) is 9.59 Å². The molecule has 1 N–H and O–H groups in total. The maximum atomic E-state index is 12.3. The van der Waals surface area contributed by atoms with Crippen LogP contribution in [0.5, 0.6) is 5.88 Å². The maximum absolute atomic E-state index is 12.3. The number of carbonyl (C=O) groups excluding carboxylic acids is 2. The van der Waals surface area contributed by atoms with Gasteiger partial charge in [-0.2, -0.15) is 0 Å². The first kappa shape index (κ1) is 13.6. The van der Waals surface area contributed by atoms with Gasteiger partial charge >= 0.3 is 12.1 Å². The second-order valence-corrected chi connectivity index (χ2v) is 5.04. The number of urea groups is 2. The molecule has 8 heteroatoms. The Bertz CT molecular complexity index is 524. The predicted molar refractivity (Wildman–Crippen MR) is 72.8 cm³/mol. The molecule has 0 radical (unpaired) electrons. The number of piperidine rings is 1. The molecule has 2 saturated heterocycles. The van der Waals surface area contributed by atoms with Crippen LogP contribution >= 0.6 is 0 Å². The molecule has 4 amide bonds. The Kier molecular flexibility index (Phi) is 3.85. The SMILES string of the molecule is O=C1NCCN1C(=O)N1CCC[C@@H](Oc2cnccn2)C1. The van der Waals surface area contributed by atoms with E-state index in [-0.39, 0.29) is 18.2 Å². The minimum Gasteiger partial charge on any atom is -0.471 e. The fraction of sp³-hybridized carbons (Fsp3) is 0.538. The summed E-state index contributed by atoms with van der Waals surface area (Å²) in [6.07, 6.45) is 6.27. The van der Waals surface area contributed by atoms with E-state index in [1.54, 1.807) is 23.5 Å². The average Bonchev–Trinajstić information content (AvgIpc) is 2.94. The van der Waals surface area contributed by atoms with Crippen LogP contribution < -0.4 is 10.1 Å². The Morgan fingerprint density at radius 3 is 3.00 bits per heavy atom. The van der Waals surface area contributed by atoms with Gasteiger partial charge in [0.15, 0.2) is 0 Å². The molecule has 0 spiro atoms. The molecule has 3 heterocycles. The van der Waals surface area contributed by atoms with Crippen LogP contribution in [0.1, 0.15) is 12.8 Å². The van der Waals surface area contributed by atoms with Gasteiger partial charge in [0, 0.05) is 32.0 Å². The van der Waals surface area contributed by atoms with Crippen molar-refractivity contribution in [3.05, 3.63) is 18.6 Å². The lowest BCUT2D eigenvalue weighted by Crippen LogP contribution is -2.50. The van der Waals surface area contributed by atoms with Gasteiger partial charge in [-0.25, -0.2) is 19.5 Å². The molecular weight excluding hydrogens is 274 g/mol. The van der Waals surface area contributed by atoms with Crippen molar-refractivity contribution in [1.29, 1.82) is 0 Å². The van der Waals surface area contributed by atoms with Gasteiger partial charge in [-0.1, -0.05) is 0 Å². The molecule has 2 aliphatic rings. The fourth-order valence-corrected chi connectivity index (χ4v) is 2.55. The zero-order chi connectivity index (χ0) is 14.7. The van der Waals surface area contributed by atoms with Gasteiger partial charge in [0.2, 0.25) is 5.88 Å². The minimum absolute atomic E-state index is 0.120. The van der Waals surface area contributed by atoms with Gasteiger partial charge in [-0.05, 0) is 12.8 Å². The van der Waals surface area contributed by atoms with E-state index in [9.17, 15) is 9.59 Å². The summed E-state index contributed by atoms with van der Waals surface area (Å²) in [5.74, 6) is 0.454. The number of hydrogen-bond acceptors (Lipinski definition) is 5. The highest BCUT2D eigenvalue weighted by Gasteiger charge is 2.33. The van der Waals surface area contributed by atoms with Gasteiger partial charge in [0.05, 0.1) is 12.7 Å². The summed E-state index contributed by atoms with van der Waals surface area (Å²) in [7, 11) is 0. The van der Waals surface area contributed by atoms with Gasteiger partial charge < -0.3 is 15.0 Å². The Morgan fingerprint density at radius 1 is 1.38 bits per heavy atom. The van der Waals surface area contributed by atoms with Crippen molar-refractivity contribution in [2.24, 2.45) is 0 Å². The van der Waals surface area contributed by atoms with Crippen molar-refractivity contribution >= 4 is 12.1 Å². The van der Waals surface area contributed by atoms with Crippen molar-refractivity contribution in [3.63, 3.8) is 0 Å². The molecule has 2 fully saturated rings. The van der Waals surface area contributed by atoms with E-state index in [0.717, 1.165) is 12.8 Å². The summed E-state index contributed by atoms with van der Waals surface area (Å²) in [5, 5.41) is 2.63. The third kappa shape index (κ3) is 3.04. The van der Waals surface area contributed by atoms with E-state index >= 15 is 0 Å². The zero-order valence-electron chi connectivity index (χ0n) is 11.6. The quantitative estimate of drug-likeness (QED) is 0.855. The summed E-state index contributed by atoms with van der Waals surface area (Å²) in [5.41, 5.74) is 0. The van der Waals surface area contributed by atoms with E-state index in [4.69, 9.17) is 4.74 Å². The number of nitrogens with one attached hydrogen (secondary N) is 1. The van der Waals surface area contributed by atoms with Crippen molar-refractivity contribution in [1.82, 2.24) is 25.1 Å². The molecular formula is C13H17N5O3. The number of carbonyl (C=O) groups is 2. The van der Waals surface area contributed by atoms with Crippen LogP contribution in [0, 0.1) is 0 Å². The lowest BCUT2D eigenvalue weighted by atomic mass is 10.1. The third-order valence-corrected chi connectivity index (χ3v) is 3.56. The molecule has 2 aliphatic heterocycles. The highest BCUT2D eigenvalue weighted by atomic mass is 16.5. The molecule has 0 aromatic carbocycles. The number of ether oxygens (including phenoxy) is 1. The van der Waals surface area contributed by atoms with Crippen LogP contribution in [0.2, 0.25) is 0 Å². The first-order chi connectivity index (χ1) is 10.2. The monoisotopic (exact) mass is 291 g/mol. The number of rotatable bonds is 2. The lowest BCUT2D eigenvalue weighted by molar-refractivity contribution is 0.0879. The number of nitrogens with zero attached hydrogens (tertiary/aromatic N) is 4. The molecule has 0 bridgehead atoms. The largest absolute Gasteiger partial charge is 0.471 e. The van der Waals surface area contributed by atoms with E-state index in [0.29, 0.717) is 32.1 Å². The topological polar surface area (TPSA) is 87.7 Å². The smallest absolute Gasteiger partial charge is 0.328 e. The number of hydrogen-bond donors (Lipinski definition) is 1. The van der Waals surface area contributed by atoms with E-state index in [1.165, 1.54) is 4.90 Å². The van der Waals surface area contributed by atoms with Gasteiger partial charge in [-0.3, -0.25) is 4.98 Å². The summed E-state index contributed by atoms with van der Waals surface area (Å²) < 4.78 is 5.74. The Labute approximate surface area is 122 Å². The number of amides is 4. The van der Waals surface area contributed by atoms with E-state index in [1.807, 2.05) is 0 Å². The van der Waals surface area contributed by atoms with Gasteiger partial charge in [0.25, 0.3) is 0 Å². The third-order valence-electron chi connectivity index (χ3n) is 3.56. The summed E-state index contributed by atoms with van der Waals surface area (Å²) >= 11 is 0. The second-order valence-electron chi connectivity index (χ2n) is 5.04. The van der Waals surface area contributed by atoms with Crippen LogP contribution in [0.25, 0.3) is 0 Å². The van der Waals surface area contributed by atoms with E-state index < -0.39 is 0 Å². The maximum Gasteiger partial charge on any atom is 0.328 e. The van der Waals surface area contributed by atoms with E-state index in [2.05, 4.69) is 15.3 Å². The van der Waals surface area contributed by atoms with Crippen molar-refractivity contribution < 1.29 is 14.3 Å². The molecule has 0 unspecified atom stereocenters. The molecule has 1 atom stereocenters. The van der Waals surface area contributed by atoms with Crippen molar-refractivity contribution in [2.45, 2.75) is 18.9 Å². The highest BCUT2D eigenvalue weighted by Crippen LogP contribution is 2.17. The standard InChI is InChI=1S/C13H17N5O3/c19-12-16-5-7-18(12)13(20)17-6-1-2-10(9-17)21-11-8-14-3-4-15-11/h3-4,8,10H,1-2,5-7,9H2,(H,16,19)/t10-/m1/s1. The van der Waals surface area contributed by atoms with Crippen LogP contribution in [0.15, 0.2) is 18.6 Å². The molecule has 112 valence electrons. The second kappa shape index (κ2) is 5.94. The molecule has 3 rings (SSSR count). The Balaban J connectivity index is 1.60. The summed E-state index contributed by atoms with van der Waals surface area (Å²) in [4.78, 5) is 34.8. The van der Waals surface area contributed by atoms with Crippen LogP contribution in [0.3, 0.4) is 0 Å². The number of imide groups is 1.